The second-order valence-corrected chi connectivity index (χ2v) is 15.3. The summed E-state index contributed by atoms with van der Waals surface area (Å²) in [6.45, 7) is 0. The van der Waals surface area contributed by atoms with E-state index in [9.17, 15) is 9.47 Å². The molecular formula is C49H30N4OS. The smallest absolute Gasteiger partial charge is 0.0991 e. The third kappa shape index (κ3) is 4.67. The predicted molar refractivity (Wildman–Crippen MR) is 225 cm³/mol. The molecule has 0 aliphatic heterocycles. The van der Waals surface area contributed by atoms with Crippen LogP contribution in [-0.4, -0.2) is 17.9 Å². The lowest BCUT2D eigenvalue weighted by molar-refractivity contribution is 0.683. The van der Waals surface area contributed by atoms with Crippen molar-refractivity contribution in [2.75, 3.05) is 0 Å². The molecule has 0 amide bonds. The van der Waals surface area contributed by atoms with Crippen molar-refractivity contribution < 1.29 is 4.21 Å². The highest BCUT2D eigenvalue weighted by atomic mass is 32.2. The highest BCUT2D eigenvalue weighted by molar-refractivity contribution is 7.85. The fourth-order valence-corrected chi connectivity index (χ4v) is 9.54. The van der Waals surface area contributed by atoms with Gasteiger partial charge in [0.05, 0.1) is 55.5 Å². The molecule has 0 saturated carbocycles. The Bertz CT molecular complexity index is 3370. The Kier molecular flexibility index (Phi) is 6.94. The maximum absolute atomic E-state index is 13.7. The quantitative estimate of drug-likeness (QED) is 0.178. The lowest BCUT2D eigenvalue weighted by Crippen LogP contribution is -1.97. The van der Waals surface area contributed by atoms with Crippen LogP contribution in [0, 0.1) is 11.3 Å². The van der Waals surface area contributed by atoms with Gasteiger partial charge >= 0.3 is 0 Å². The molecule has 0 bridgehead atoms. The van der Waals surface area contributed by atoms with Gasteiger partial charge in [0.1, 0.15) is 0 Å². The van der Waals surface area contributed by atoms with Crippen LogP contribution in [0.5, 0.6) is 0 Å². The first kappa shape index (κ1) is 31.3. The van der Waals surface area contributed by atoms with Gasteiger partial charge in [0.2, 0.25) is 0 Å². The summed E-state index contributed by atoms with van der Waals surface area (Å²) < 4.78 is 20.8. The van der Waals surface area contributed by atoms with Crippen LogP contribution in [0.3, 0.4) is 0 Å². The van der Waals surface area contributed by atoms with Crippen molar-refractivity contribution >= 4 is 76.2 Å². The second kappa shape index (κ2) is 12.2. The molecule has 0 spiro atoms. The van der Waals surface area contributed by atoms with Crippen molar-refractivity contribution in [3.63, 3.8) is 0 Å². The molecule has 258 valence electrons. The Hall–Kier alpha value is -7.20. The lowest BCUT2D eigenvalue weighted by Gasteiger charge is -2.11. The average molecular weight is 723 g/mol. The van der Waals surface area contributed by atoms with Crippen LogP contribution in [-0.2, 0) is 10.8 Å². The van der Waals surface area contributed by atoms with Gasteiger partial charge in [-0.15, -0.1) is 0 Å². The summed E-state index contributed by atoms with van der Waals surface area (Å²) in [7, 11) is -1.39. The molecule has 55 heavy (non-hydrogen) atoms. The molecule has 11 rings (SSSR count). The largest absolute Gasteiger partial charge is 0.309 e. The summed E-state index contributed by atoms with van der Waals surface area (Å²) in [6, 6.07) is 65.0. The second-order valence-electron chi connectivity index (χ2n) is 13.9. The van der Waals surface area contributed by atoms with E-state index in [2.05, 4.69) is 165 Å². The van der Waals surface area contributed by atoms with Gasteiger partial charge in [-0.25, -0.2) is 4.21 Å². The van der Waals surface area contributed by atoms with E-state index in [4.69, 9.17) is 0 Å². The molecule has 11 aromatic rings. The maximum atomic E-state index is 13.7. The zero-order valence-electron chi connectivity index (χ0n) is 29.4. The van der Waals surface area contributed by atoms with Gasteiger partial charge in [-0.05, 0) is 103 Å². The molecule has 5 nitrogen and oxygen atoms in total. The number of hydrogen-bond acceptors (Lipinski definition) is 2. The molecule has 0 aliphatic carbocycles. The van der Waals surface area contributed by atoms with E-state index in [0.717, 1.165) is 55.5 Å². The molecule has 1 unspecified atom stereocenters. The molecule has 3 heterocycles. The van der Waals surface area contributed by atoms with Crippen LogP contribution in [0.2, 0.25) is 0 Å². The van der Waals surface area contributed by atoms with Crippen LogP contribution in [0.1, 0.15) is 5.56 Å². The topological polar surface area (TPSA) is 55.6 Å². The number of nitrogens with zero attached hydrogens (tertiary/aromatic N) is 4. The molecule has 8 aromatic carbocycles. The van der Waals surface area contributed by atoms with Crippen molar-refractivity contribution in [2.24, 2.45) is 0 Å². The van der Waals surface area contributed by atoms with E-state index < -0.39 is 10.8 Å². The normalized spacial score (nSPS) is 12.3. The van der Waals surface area contributed by atoms with Gasteiger partial charge in [0.15, 0.2) is 0 Å². The minimum atomic E-state index is -1.39. The van der Waals surface area contributed by atoms with E-state index in [1.165, 1.54) is 26.9 Å². The van der Waals surface area contributed by atoms with E-state index >= 15 is 0 Å². The summed E-state index contributed by atoms with van der Waals surface area (Å²) in [5.74, 6) is 0. The van der Waals surface area contributed by atoms with Gasteiger partial charge in [-0.1, -0.05) is 78.9 Å². The zero-order valence-corrected chi connectivity index (χ0v) is 30.2. The van der Waals surface area contributed by atoms with Crippen molar-refractivity contribution in [3.05, 3.63) is 188 Å². The Morgan fingerprint density at radius 1 is 0.400 bits per heavy atom. The van der Waals surface area contributed by atoms with E-state index in [-0.39, 0.29) is 0 Å². The molecule has 3 aromatic heterocycles. The van der Waals surface area contributed by atoms with Crippen molar-refractivity contribution in [3.8, 4) is 23.1 Å². The third-order valence-electron chi connectivity index (χ3n) is 10.9. The van der Waals surface area contributed by atoms with E-state index in [0.29, 0.717) is 15.4 Å². The summed E-state index contributed by atoms with van der Waals surface area (Å²) in [4.78, 5) is 1.37. The summed E-state index contributed by atoms with van der Waals surface area (Å²) in [5.41, 5.74) is 10.6. The summed E-state index contributed by atoms with van der Waals surface area (Å²) in [6.07, 6.45) is 0. The number of fused-ring (bicyclic) bond motifs is 10. The summed E-state index contributed by atoms with van der Waals surface area (Å²) >= 11 is 0. The van der Waals surface area contributed by atoms with Crippen LogP contribution in [0.15, 0.2) is 192 Å². The average Bonchev–Trinajstić information content (AvgIpc) is 3.88. The SMILES string of the molecule is N#Cc1ccc(S(=O)c2ccc(-n3c4cc5c6ccccc6n(-c6ccccc6)c5cc4c4c3ccc3c5ccccc5n(-c5ccccc5)c34)cc2)cc1. The molecule has 0 N–H and O–H groups in total. The lowest BCUT2D eigenvalue weighted by atomic mass is 10.1. The van der Waals surface area contributed by atoms with E-state index in [1.807, 2.05) is 12.1 Å². The number of rotatable bonds is 5. The van der Waals surface area contributed by atoms with Crippen LogP contribution in [0.25, 0.3) is 82.5 Å². The van der Waals surface area contributed by atoms with Crippen molar-refractivity contribution in [1.29, 1.82) is 5.26 Å². The molecule has 6 heteroatoms. The molecular weight excluding hydrogens is 693 g/mol. The Balaban J connectivity index is 1.26. The number of para-hydroxylation sites is 4. The number of hydrogen-bond donors (Lipinski definition) is 0. The first-order valence-electron chi connectivity index (χ1n) is 18.2. The molecule has 0 fully saturated rings. The fourth-order valence-electron chi connectivity index (χ4n) is 8.50. The van der Waals surface area contributed by atoms with Crippen LogP contribution in [0.4, 0.5) is 0 Å². The first-order chi connectivity index (χ1) is 27.2. The van der Waals surface area contributed by atoms with E-state index in [1.54, 1.807) is 24.3 Å². The number of benzene rings is 8. The number of nitriles is 1. The maximum Gasteiger partial charge on any atom is 0.0991 e. The van der Waals surface area contributed by atoms with Gasteiger partial charge in [0.25, 0.3) is 0 Å². The highest BCUT2D eigenvalue weighted by Gasteiger charge is 2.23. The molecule has 0 radical (unpaired) electrons. The van der Waals surface area contributed by atoms with Gasteiger partial charge in [-0.3, -0.25) is 0 Å². The Morgan fingerprint density at radius 2 is 0.891 bits per heavy atom. The van der Waals surface area contributed by atoms with Gasteiger partial charge in [0, 0.05) is 59.2 Å². The van der Waals surface area contributed by atoms with Gasteiger partial charge < -0.3 is 13.7 Å². The Labute approximate surface area is 318 Å². The van der Waals surface area contributed by atoms with Crippen LogP contribution >= 0.6 is 0 Å². The fraction of sp³-hybridized carbons (Fsp3) is 0. The predicted octanol–water partition coefficient (Wildman–Crippen LogP) is 12.0. The zero-order chi connectivity index (χ0) is 36.6. The molecule has 0 saturated heterocycles. The minimum absolute atomic E-state index is 0.545. The standard InChI is InChI=1S/C49H30N4OS/c50-31-32-19-23-36(24-20-32)55(54)37-25-21-35(22-26-37)52-45-28-27-40-38-15-7-10-18-44(38)53(34-13-5-2-6-14-34)49(40)48(45)42-30-46-41(29-47(42)52)39-16-8-9-17-43(39)51(46)33-11-3-1-4-12-33/h1-30H. The van der Waals surface area contributed by atoms with Crippen molar-refractivity contribution in [1.82, 2.24) is 13.7 Å². The molecule has 1 atom stereocenters. The third-order valence-corrected chi connectivity index (χ3v) is 12.3. The van der Waals surface area contributed by atoms with Crippen LogP contribution < -0.4 is 0 Å². The number of aromatic nitrogens is 3. The Morgan fingerprint density at radius 3 is 1.55 bits per heavy atom. The monoisotopic (exact) mass is 722 g/mol. The highest BCUT2D eigenvalue weighted by Crippen LogP contribution is 2.44. The van der Waals surface area contributed by atoms with Crippen molar-refractivity contribution in [2.45, 2.75) is 9.79 Å². The molecule has 0 aliphatic rings. The summed E-state index contributed by atoms with van der Waals surface area (Å²) in [5, 5.41) is 16.4. The van der Waals surface area contributed by atoms with Gasteiger partial charge in [-0.2, -0.15) is 5.26 Å². The minimum Gasteiger partial charge on any atom is -0.309 e. The first-order valence-corrected chi connectivity index (χ1v) is 19.4.